The molecule has 0 bridgehead atoms. The van der Waals surface area contributed by atoms with Gasteiger partial charge in [0.05, 0.1) is 5.69 Å². The van der Waals surface area contributed by atoms with Gasteiger partial charge >= 0.3 is 11.9 Å². The molecule has 0 heterocycles. The summed E-state index contributed by atoms with van der Waals surface area (Å²) in [6.07, 6.45) is 0.361. The Labute approximate surface area is 217 Å². The molecule has 0 saturated carbocycles. The fraction of sp³-hybridized carbons (Fsp3) is 0.320. The smallest absolute Gasteiger partial charge is 0.322 e. The molecule has 0 spiro atoms. The molecule has 0 saturated heterocycles. The van der Waals surface area contributed by atoms with Crippen molar-refractivity contribution < 1.29 is 34.2 Å². The van der Waals surface area contributed by atoms with Gasteiger partial charge in [-0.1, -0.05) is 24.3 Å². The van der Waals surface area contributed by atoms with Gasteiger partial charge in [-0.05, 0) is 47.2 Å². The number of amides is 3. The van der Waals surface area contributed by atoms with E-state index >= 15 is 0 Å². The van der Waals surface area contributed by atoms with Crippen molar-refractivity contribution in [3.05, 3.63) is 47.5 Å². The van der Waals surface area contributed by atoms with Crippen LogP contribution < -0.4 is 21.7 Å². The minimum atomic E-state index is -1.25. The molecule has 12 heteroatoms. The van der Waals surface area contributed by atoms with Crippen LogP contribution in [0.2, 0.25) is 0 Å². The molecule has 0 aromatic heterocycles. The summed E-state index contributed by atoms with van der Waals surface area (Å²) >= 11 is 1.22. The topological polar surface area (TPSA) is 188 Å². The van der Waals surface area contributed by atoms with Crippen molar-refractivity contribution >= 4 is 47.1 Å². The number of nitrogens with one attached hydrogen (secondary N) is 3. The number of carbonyl (C=O) groups is 5. The number of fused-ring (bicyclic) bond motifs is 3. The van der Waals surface area contributed by atoms with Crippen molar-refractivity contribution in [2.45, 2.75) is 43.2 Å². The van der Waals surface area contributed by atoms with Crippen molar-refractivity contribution in [1.82, 2.24) is 10.6 Å². The van der Waals surface area contributed by atoms with Crippen LogP contribution in [0.25, 0.3) is 11.1 Å². The summed E-state index contributed by atoms with van der Waals surface area (Å²) < 4.78 is 0. The maximum Gasteiger partial charge on any atom is 0.322 e. The van der Waals surface area contributed by atoms with Crippen LogP contribution in [0.5, 0.6) is 0 Å². The number of hydrogen-bond acceptors (Lipinski definition) is 7. The summed E-state index contributed by atoms with van der Waals surface area (Å²) in [5.41, 5.74) is 10.3. The number of nitrogens with two attached hydrogens (primary N) is 1. The highest BCUT2D eigenvalue weighted by Crippen LogP contribution is 2.42. The average molecular weight is 529 g/mol. The number of carbonyl (C=O) groups excluding carboxylic acids is 3. The highest BCUT2D eigenvalue weighted by molar-refractivity contribution is 7.99. The van der Waals surface area contributed by atoms with Gasteiger partial charge in [0.25, 0.3) is 0 Å². The van der Waals surface area contributed by atoms with E-state index in [-0.39, 0.29) is 24.5 Å². The van der Waals surface area contributed by atoms with Gasteiger partial charge < -0.3 is 31.9 Å². The van der Waals surface area contributed by atoms with Crippen LogP contribution >= 0.6 is 11.8 Å². The molecule has 0 unspecified atom stereocenters. The quantitative estimate of drug-likeness (QED) is 0.188. The second-order valence-electron chi connectivity index (χ2n) is 8.55. The predicted octanol–water partition coefficient (Wildman–Crippen LogP) is 1.19. The zero-order valence-electron chi connectivity index (χ0n) is 20.1. The fourth-order valence-corrected chi connectivity index (χ4v) is 4.94. The van der Waals surface area contributed by atoms with E-state index in [2.05, 4.69) is 16.0 Å². The van der Waals surface area contributed by atoms with Crippen molar-refractivity contribution in [1.29, 1.82) is 0 Å². The number of anilines is 1. The first-order chi connectivity index (χ1) is 17.5. The Morgan fingerprint density at radius 1 is 1.05 bits per heavy atom. The number of thioether (sulfide) groups is 1. The Morgan fingerprint density at radius 3 is 2.46 bits per heavy atom. The van der Waals surface area contributed by atoms with Gasteiger partial charge in [-0.15, -0.1) is 11.8 Å². The molecule has 0 radical (unpaired) electrons. The fourth-order valence-electron chi connectivity index (χ4n) is 3.89. The van der Waals surface area contributed by atoms with Gasteiger partial charge in [-0.3, -0.25) is 24.0 Å². The third kappa shape index (κ3) is 7.54. The summed E-state index contributed by atoms with van der Waals surface area (Å²) in [5, 5.41) is 25.4. The van der Waals surface area contributed by atoms with Crippen molar-refractivity contribution in [3.63, 3.8) is 0 Å². The molecule has 0 fully saturated rings. The van der Waals surface area contributed by atoms with E-state index in [0.29, 0.717) is 10.6 Å². The molecule has 7 N–H and O–H groups in total. The van der Waals surface area contributed by atoms with Gasteiger partial charge in [0, 0.05) is 24.0 Å². The van der Waals surface area contributed by atoms with Gasteiger partial charge in [0.15, 0.2) is 0 Å². The summed E-state index contributed by atoms with van der Waals surface area (Å²) in [6, 6.07) is 9.42. The van der Waals surface area contributed by atoms with Crippen LogP contribution in [-0.4, -0.2) is 64.3 Å². The number of carboxylic acids is 2. The highest BCUT2D eigenvalue weighted by Gasteiger charge is 2.25. The first kappa shape index (κ1) is 27.7. The molecular formula is C25H28N4O7S. The molecule has 2 aromatic carbocycles. The Bertz CT molecular complexity index is 1230. The summed E-state index contributed by atoms with van der Waals surface area (Å²) in [6.45, 7) is 0.757. The first-order valence-electron chi connectivity index (χ1n) is 11.5. The van der Waals surface area contributed by atoms with Gasteiger partial charge in [0.2, 0.25) is 17.7 Å². The zero-order chi connectivity index (χ0) is 27.1. The van der Waals surface area contributed by atoms with Crippen molar-refractivity contribution in [2.75, 3.05) is 17.6 Å². The number of carboxylic acid groups (broad SMARTS) is 2. The van der Waals surface area contributed by atoms with Gasteiger partial charge in [-0.2, -0.15) is 0 Å². The van der Waals surface area contributed by atoms with Crippen LogP contribution in [0.4, 0.5) is 5.69 Å². The second-order valence-corrected chi connectivity index (χ2v) is 9.61. The third-order valence-electron chi connectivity index (χ3n) is 5.68. The summed E-state index contributed by atoms with van der Waals surface area (Å²) in [7, 11) is 0. The van der Waals surface area contributed by atoms with Gasteiger partial charge in [0.1, 0.15) is 18.6 Å². The van der Waals surface area contributed by atoms with E-state index in [9.17, 15) is 24.0 Å². The molecule has 11 nitrogen and oxygen atoms in total. The van der Waals surface area contributed by atoms with E-state index in [1.54, 1.807) is 0 Å². The largest absolute Gasteiger partial charge is 0.480 e. The molecule has 37 heavy (non-hydrogen) atoms. The van der Waals surface area contributed by atoms with Crippen LogP contribution in [0, 0.1) is 0 Å². The minimum absolute atomic E-state index is 0.0230. The molecular weight excluding hydrogens is 500 g/mol. The lowest BCUT2D eigenvalue weighted by Gasteiger charge is -2.19. The van der Waals surface area contributed by atoms with Crippen LogP contribution in [0.1, 0.15) is 30.9 Å². The number of aliphatic carboxylic acids is 2. The van der Waals surface area contributed by atoms with Gasteiger partial charge in [-0.25, -0.2) is 0 Å². The Balaban J connectivity index is 1.81. The first-order valence-corrected chi connectivity index (χ1v) is 12.5. The Kier molecular flexibility index (Phi) is 9.25. The lowest BCUT2D eigenvalue weighted by Crippen LogP contribution is -2.49. The lowest BCUT2D eigenvalue weighted by molar-refractivity contribution is -0.139. The molecule has 1 aliphatic carbocycles. The molecule has 2 atom stereocenters. The lowest BCUT2D eigenvalue weighted by atomic mass is 10.1. The molecule has 3 amide bonds. The van der Waals surface area contributed by atoms with E-state index in [4.69, 9.17) is 15.9 Å². The maximum atomic E-state index is 12.7. The monoisotopic (exact) mass is 528 g/mol. The minimum Gasteiger partial charge on any atom is -0.480 e. The third-order valence-corrected chi connectivity index (χ3v) is 6.82. The predicted molar refractivity (Wildman–Crippen MR) is 137 cm³/mol. The molecule has 0 aliphatic heterocycles. The standard InChI is InChI=1S/C25H28N4O7S/c1-13(30)28-19-9-15-8-14-4-2-3-5-16(14)17(15)10-21(19)37-12-20(24(34)27-11-23(32)33)29-22(31)7-6-18(26)25(35)36/h2-5,9-10,18,20H,6-8,11-12,26H2,1H3,(H,27,34)(H,28,30)(H,29,31)(H,32,33)(H,35,36)/t18-,20-/m0/s1. The van der Waals surface area contributed by atoms with Crippen LogP contribution in [0.3, 0.4) is 0 Å². The number of rotatable bonds is 12. The summed E-state index contributed by atoms with van der Waals surface area (Å²) in [4.78, 5) is 59.4. The summed E-state index contributed by atoms with van der Waals surface area (Å²) in [5.74, 6) is -4.05. The SMILES string of the molecule is CC(=O)Nc1cc2c(cc1SC[C@H](NC(=O)CC[C@H](N)C(=O)O)C(=O)NCC(=O)O)-c1ccccc1C2. The normalized spacial score (nSPS) is 13.0. The van der Waals surface area contributed by atoms with Crippen LogP contribution in [0.15, 0.2) is 41.3 Å². The molecule has 196 valence electrons. The molecule has 2 aromatic rings. The number of hydrogen-bond donors (Lipinski definition) is 6. The second kappa shape index (κ2) is 12.4. The Morgan fingerprint density at radius 2 is 1.78 bits per heavy atom. The van der Waals surface area contributed by atoms with Crippen molar-refractivity contribution in [2.24, 2.45) is 5.73 Å². The average Bonchev–Trinajstić information content (AvgIpc) is 3.20. The maximum absolute atomic E-state index is 12.7. The van der Waals surface area contributed by atoms with Crippen molar-refractivity contribution in [3.8, 4) is 11.1 Å². The molecule has 3 rings (SSSR count). The van der Waals surface area contributed by atoms with E-state index in [0.717, 1.165) is 28.7 Å². The highest BCUT2D eigenvalue weighted by atomic mass is 32.2. The molecule has 1 aliphatic rings. The van der Waals surface area contributed by atoms with E-state index < -0.39 is 42.4 Å². The Hall–Kier alpha value is -3.90. The van der Waals surface area contributed by atoms with E-state index in [1.807, 2.05) is 36.4 Å². The van der Waals surface area contributed by atoms with E-state index in [1.165, 1.54) is 18.7 Å². The number of benzene rings is 2. The zero-order valence-corrected chi connectivity index (χ0v) is 20.9. The van der Waals surface area contributed by atoms with Crippen LogP contribution in [-0.2, 0) is 30.4 Å².